The van der Waals surface area contributed by atoms with Crippen molar-refractivity contribution in [3.63, 3.8) is 0 Å². The van der Waals surface area contributed by atoms with Gasteiger partial charge in [0.25, 0.3) is 0 Å². The number of esters is 1. The van der Waals surface area contributed by atoms with Crippen LogP contribution in [0.5, 0.6) is 0 Å². The predicted molar refractivity (Wildman–Crippen MR) is 100 cm³/mol. The fourth-order valence-corrected chi connectivity index (χ4v) is 3.56. The lowest BCUT2D eigenvalue weighted by Crippen LogP contribution is -2.35. The molecule has 0 aromatic heterocycles. The van der Waals surface area contributed by atoms with Crippen LogP contribution in [0.3, 0.4) is 0 Å². The lowest BCUT2D eigenvalue weighted by Gasteiger charge is -2.34. The number of hydrogen-bond donors (Lipinski definition) is 0. The van der Waals surface area contributed by atoms with Crippen molar-refractivity contribution in [3.05, 3.63) is 71.8 Å². The summed E-state index contributed by atoms with van der Waals surface area (Å²) in [6.07, 6.45) is 3.89. The summed E-state index contributed by atoms with van der Waals surface area (Å²) >= 11 is 0. The average Bonchev–Trinajstić information content (AvgIpc) is 2.68. The van der Waals surface area contributed by atoms with E-state index in [1.807, 2.05) is 55.5 Å². The molecule has 2 unspecified atom stereocenters. The second-order valence-electron chi connectivity index (χ2n) is 6.77. The first kappa shape index (κ1) is 17.7. The molecule has 1 saturated heterocycles. The van der Waals surface area contributed by atoms with Crippen molar-refractivity contribution in [1.29, 1.82) is 0 Å². The molecule has 2 aromatic carbocycles. The van der Waals surface area contributed by atoms with Gasteiger partial charge in [-0.05, 0) is 44.0 Å². The fourth-order valence-electron chi connectivity index (χ4n) is 3.56. The van der Waals surface area contributed by atoms with E-state index in [9.17, 15) is 4.79 Å². The molecule has 2 aromatic rings. The molecule has 0 N–H and O–H groups in total. The third kappa shape index (κ3) is 4.93. The highest BCUT2D eigenvalue weighted by Gasteiger charge is 2.26. The molecule has 2 atom stereocenters. The molecule has 0 radical (unpaired) electrons. The van der Waals surface area contributed by atoms with Gasteiger partial charge in [-0.3, -0.25) is 9.69 Å². The van der Waals surface area contributed by atoms with Crippen LogP contribution in [0, 0.1) is 0 Å². The minimum Gasteiger partial charge on any atom is -0.458 e. The number of piperidine rings is 1. The average molecular weight is 337 g/mol. The van der Waals surface area contributed by atoms with Crippen LogP contribution >= 0.6 is 0 Å². The molecule has 0 aliphatic carbocycles. The van der Waals surface area contributed by atoms with E-state index in [1.165, 1.54) is 24.8 Å². The fraction of sp³-hybridized carbons (Fsp3) is 0.409. The zero-order valence-corrected chi connectivity index (χ0v) is 14.9. The Kier molecular flexibility index (Phi) is 6.24. The van der Waals surface area contributed by atoms with Crippen LogP contribution < -0.4 is 0 Å². The van der Waals surface area contributed by atoms with Crippen molar-refractivity contribution in [2.24, 2.45) is 0 Å². The smallest absolute Gasteiger partial charge is 0.308 e. The number of nitrogens with zero attached hydrogens (tertiary/aromatic N) is 1. The number of benzene rings is 2. The molecule has 1 heterocycles. The van der Waals surface area contributed by atoms with Crippen molar-refractivity contribution in [2.45, 2.75) is 44.8 Å². The molecule has 3 heteroatoms. The van der Waals surface area contributed by atoms with Gasteiger partial charge in [0, 0.05) is 6.04 Å². The maximum atomic E-state index is 12.6. The van der Waals surface area contributed by atoms with Crippen molar-refractivity contribution < 1.29 is 9.53 Å². The summed E-state index contributed by atoms with van der Waals surface area (Å²) in [6, 6.07) is 20.4. The van der Waals surface area contributed by atoms with Gasteiger partial charge in [0.05, 0.1) is 6.42 Å². The first-order valence-electron chi connectivity index (χ1n) is 9.27. The van der Waals surface area contributed by atoms with Gasteiger partial charge in [-0.1, -0.05) is 67.1 Å². The highest BCUT2D eigenvalue weighted by atomic mass is 16.5. The Balaban J connectivity index is 1.68. The van der Waals surface area contributed by atoms with Gasteiger partial charge in [0.2, 0.25) is 0 Å². The lowest BCUT2D eigenvalue weighted by molar-refractivity contribution is -0.150. The first-order chi connectivity index (χ1) is 12.2. The van der Waals surface area contributed by atoms with Crippen LogP contribution in [0.2, 0.25) is 0 Å². The molecule has 1 aliphatic rings. The standard InChI is InChI=1S/C22H27NO2/c1-18(19-11-5-2-6-12-19)25-22(24)17-21(20-13-7-3-8-14-20)23-15-9-4-10-16-23/h2-3,5-8,11-14,18,21H,4,9-10,15-17H2,1H3. The van der Waals surface area contributed by atoms with E-state index in [-0.39, 0.29) is 18.1 Å². The summed E-state index contributed by atoms with van der Waals surface area (Å²) in [6.45, 7) is 4.05. The SMILES string of the molecule is CC(OC(=O)CC(c1ccccc1)N1CCCCC1)c1ccccc1. The van der Waals surface area contributed by atoms with Crippen LogP contribution in [-0.4, -0.2) is 24.0 Å². The molecule has 0 saturated carbocycles. The molecule has 132 valence electrons. The normalized spacial score (nSPS) is 17.6. The van der Waals surface area contributed by atoms with Gasteiger partial charge in [-0.25, -0.2) is 0 Å². The van der Waals surface area contributed by atoms with Gasteiger partial charge in [-0.15, -0.1) is 0 Å². The van der Waals surface area contributed by atoms with E-state index in [0.717, 1.165) is 18.7 Å². The Morgan fingerprint density at radius 1 is 0.920 bits per heavy atom. The predicted octanol–water partition coefficient (Wildman–Crippen LogP) is 4.91. The number of hydrogen-bond acceptors (Lipinski definition) is 3. The second-order valence-corrected chi connectivity index (χ2v) is 6.77. The Morgan fingerprint density at radius 2 is 1.48 bits per heavy atom. The third-order valence-corrected chi connectivity index (χ3v) is 4.95. The van der Waals surface area contributed by atoms with E-state index in [1.54, 1.807) is 0 Å². The van der Waals surface area contributed by atoms with Gasteiger partial charge in [-0.2, -0.15) is 0 Å². The summed E-state index contributed by atoms with van der Waals surface area (Å²) in [4.78, 5) is 15.0. The number of carbonyl (C=O) groups is 1. The molecule has 25 heavy (non-hydrogen) atoms. The van der Waals surface area contributed by atoms with Crippen LogP contribution in [0.25, 0.3) is 0 Å². The van der Waals surface area contributed by atoms with E-state index in [4.69, 9.17) is 4.74 Å². The summed E-state index contributed by atoms with van der Waals surface area (Å²) in [7, 11) is 0. The van der Waals surface area contributed by atoms with Gasteiger partial charge >= 0.3 is 5.97 Å². The number of carbonyl (C=O) groups excluding carboxylic acids is 1. The first-order valence-corrected chi connectivity index (χ1v) is 9.27. The van der Waals surface area contributed by atoms with E-state index in [2.05, 4.69) is 17.0 Å². The van der Waals surface area contributed by atoms with E-state index >= 15 is 0 Å². The highest BCUT2D eigenvalue weighted by Crippen LogP contribution is 2.29. The molecule has 3 rings (SSSR count). The number of ether oxygens (including phenoxy) is 1. The van der Waals surface area contributed by atoms with Crippen molar-refractivity contribution in [1.82, 2.24) is 4.90 Å². The Morgan fingerprint density at radius 3 is 2.08 bits per heavy atom. The van der Waals surface area contributed by atoms with Crippen LogP contribution in [0.1, 0.15) is 55.9 Å². The summed E-state index contributed by atoms with van der Waals surface area (Å²) < 4.78 is 5.71. The maximum absolute atomic E-state index is 12.6. The van der Waals surface area contributed by atoms with Crippen LogP contribution in [0.4, 0.5) is 0 Å². The largest absolute Gasteiger partial charge is 0.458 e. The van der Waals surface area contributed by atoms with Crippen LogP contribution in [0.15, 0.2) is 60.7 Å². The highest BCUT2D eigenvalue weighted by molar-refractivity contribution is 5.70. The van der Waals surface area contributed by atoms with E-state index < -0.39 is 0 Å². The molecule has 1 fully saturated rings. The van der Waals surface area contributed by atoms with Crippen molar-refractivity contribution in [3.8, 4) is 0 Å². The molecule has 1 aliphatic heterocycles. The molecule has 3 nitrogen and oxygen atoms in total. The summed E-state index contributed by atoms with van der Waals surface area (Å²) in [5, 5.41) is 0. The van der Waals surface area contributed by atoms with Crippen molar-refractivity contribution >= 4 is 5.97 Å². The minimum absolute atomic E-state index is 0.108. The summed E-state index contributed by atoms with van der Waals surface area (Å²) in [5.74, 6) is -0.129. The maximum Gasteiger partial charge on any atom is 0.308 e. The van der Waals surface area contributed by atoms with Gasteiger partial charge < -0.3 is 4.74 Å². The van der Waals surface area contributed by atoms with E-state index in [0.29, 0.717) is 6.42 Å². The quantitative estimate of drug-likeness (QED) is 0.702. The molecular formula is C22H27NO2. The van der Waals surface area contributed by atoms with Crippen LogP contribution in [-0.2, 0) is 9.53 Å². The molecule has 0 amide bonds. The zero-order chi connectivity index (χ0) is 17.5. The molecular weight excluding hydrogens is 310 g/mol. The topological polar surface area (TPSA) is 29.5 Å². The third-order valence-electron chi connectivity index (χ3n) is 4.95. The Labute approximate surface area is 150 Å². The lowest BCUT2D eigenvalue weighted by atomic mass is 9.99. The summed E-state index contributed by atoms with van der Waals surface area (Å²) in [5.41, 5.74) is 2.23. The zero-order valence-electron chi connectivity index (χ0n) is 14.9. The number of likely N-dealkylation sites (tertiary alicyclic amines) is 1. The molecule has 0 bridgehead atoms. The second kappa shape index (κ2) is 8.82. The minimum atomic E-state index is -0.216. The van der Waals surface area contributed by atoms with Crippen molar-refractivity contribution in [2.75, 3.05) is 13.1 Å². The van der Waals surface area contributed by atoms with Gasteiger partial charge in [0.15, 0.2) is 0 Å². The Hall–Kier alpha value is -2.13. The Bertz CT molecular complexity index is 650. The molecule has 0 spiro atoms. The monoisotopic (exact) mass is 337 g/mol. The van der Waals surface area contributed by atoms with Gasteiger partial charge in [0.1, 0.15) is 6.10 Å². The number of rotatable bonds is 6.